The van der Waals surface area contributed by atoms with Crippen LogP contribution in [0.3, 0.4) is 0 Å². The summed E-state index contributed by atoms with van der Waals surface area (Å²) in [6.07, 6.45) is 41.5. The lowest BCUT2D eigenvalue weighted by Gasteiger charge is -2.22. The molecule has 0 saturated carbocycles. The summed E-state index contributed by atoms with van der Waals surface area (Å²) < 4.78 is 11.9. The van der Waals surface area contributed by atoms with E-state index in [-0.39, 0.29) is 30.8 Å². The van der Waals surface area contributed by atoms with Crippen molar-refractivity contribution in [1.82, 2.24) is 4.90 Å². The minimum Gasteiger partial charge on any atom is -0.462 e. The fourth-order valence-corrected chi connectivity index (χ4v) is 7.69. The van der Waals surface area contributed by atoms with Crippen molar-refractivity contribution < 1.29 is 24.2 Å². The van der Waals surface area contributed by atoms with E-state index in [0.717, 1.165) is 83.8 Å². The van der Waals surface area contributed by atoms with Gasteiger partial charge < -0.3 is 19.5 Å². The van der Waals surface area contributed by atoms with E-state index in [2.05, 4.69) is 32.6 Å². The molecule has 6 heteroatoms. The molecule has 0 saturated heterocycles. The second kappa shape index (κ2) is 43.0. The number of nitrogens with zero attached hydrogens (tertiary/aromatic N) is 1. The second-order valence-electron chi connectivity index (χ2n) is 16.6. The lowest BCUT2D eigenvalue weighted by Crippen LogP contribution is -2.27. The summed E-state index contributed by atoms with van der Waals surface area (Å²) in [5, 5.41) is 9.43. The van der Waals surface area contributed by atoms with Gasteiger partial charge in [-0.1, -0.05) is 169 Å². The molecule has 0 aliphatic rings. The highest BCUT2D eigenvalue weighted by Gasteiger charge is 2.15. The van der Waals surface area contributed by atoms with Crippen LogP contribution in [0.25, 0.3) is 0 Å². The highest BCUT2D eigenvalue weighted by atomic mass is 16.5. The molecular formula is C48H95NO5. The van der Waals surface area contributed by atoms with Crippen LogP contribution in [-0.2, 0) is 19.1 Å². The van der Waals surface area contributed by atoms with Crippen molar-refractivity contribution in [3.05, 3.63) is 0 Å². The summed E-state index contributed by atoms with van der Waals surface area (Å²) >= 11 is 0. The van der Waals surface area contributed by atoms with Gasteiger partial charge in [0, 0.05) is 26.0 Å². The molecule has 322 valence electrons. The van der Waals surface area contributed by atoms with E-state index in [1.54, 1.807) is 0 Å². The first-order valence-corrected chi connectivity index (χ1v) is 24.2. The van der Waals surface area contributed by atoms with Gasteiger partial charge in [0.05, 0.1) is 0 Å². The van der Waals surface area contributed by atoms with Crippen molar-refractivity contribution >= 4 is 11.9 Å². The molecule has 0 aliphatic heterocycles. The fraction of sp³-hybridized carbons (Fsp3) is 0.958. The molecule has 1 N–H and O–H groups in total. The Morgan fingerprint density at radius 2 is 0.704 bits per heavy atom. The quantitative estimate of drug-likeness (QED) is 0.0492. The molecule has 1 atom stereocenters. The minimum absolute atomic E-state index is 0.000730. The molecule has 0 fully saturated rings. The van der Waals surface area contributed by atoms with Gasteiger partial charge in [-0.3, -0.25) is 9.59 Å². The topological polar surface area (TPSA) is 76.1 Å². The maximum Gasteiger partial charge on any atom is 0.306 e. The molecule has 0 aromatic heterocycles. The van der Waals surface area contributed by atoms with Crippen molar-refractivity contribution in [2.45, 2.75) is 271 Å². The van der Waals surface area contributed by atoms with Gasteiger partial charge in [-0.25, -0.2) is 0 Å². The van der Waals surface area contributed by atoms with Crippen molar-refractivity contribution in [3.63, 3.8) is 0 Å². The average molecular weight is 766 g/mol. The van der Waals surface area contributed by atoms with Gasteiger partial charge in [0.15, 0.2) is 0 Å². The molecule has 0 rings (SSSR count). The molecule has 0 amide bonds. The molecule has 0 aromatic rings. The Morgan fingerprint density at radius 1 is 0.389 bits per heavy atom. The molecule has 0 spiro atoms. The number of esters is 2. The largest absolute Gasteiger partial charge is 0.462 e. The predicted molar refractivity (Wildman–Crippen MR) is 232 cm³/mol. The van der Waals surface area contributed by atoms with E-state index in [4.69, 9.17) is 9.47 Å². The smallest absolute Gasteiger partial charge is 0.306 e. The van der Waals surface area contributed by atoms with Crippen LogP contribution in [0.2, 0.25) is 0 Å². The summed E-state index contributed by atoms with van der Waals surface area (Å²) in [6.45, 7) is 12.3. The van der Waals surface area contributed by atoms with Crippen LogP contribution in [0.15, 0.2) is 0 Å². The van der Waals surface area contributed by atoms with Crippen LogP contribution in [0, 0.1) is 0 Å². The molecule has 0 aromatic carbocycles. The first-order chi connectivity index (χ1) is 26.5. The van der Waals surface area contributed by atoms with Gasteiger partial charge in [-0.2, -0.15) is 0 Å². The number of carbonyl (C=O) groups excluding carboxylic acids is 2. The number of hydrogen-bond donors (Lipinski definition) is 1. The van der Waals surface area contributed by atoms with Crippen molar-refractivity contribution in [2.75, 3.05) is 26.2 Å². The normalized spacial score (nSPS) is 12.2. The standard InChI is InChI=1S/C48H95NO5/c1-5-9-12-15-20-27-36-45(35-8-4)53-47(51)39-30-23-18-25-32-41-49(43-34-44-50)42-33-26-19-24-31-40-48(52)54-46(37-28-21-16-13-10-6-2)38-29-22-17-14-11-7-3/h45-46,50H,5-44H2,1-4H3. The monoisotopic (exact) mass is 766 g/mol. The number of rotatable bonds is 44. The van der Waals surface area contributed by atoms with E-state index in [0.29, 0.717) is 12.8 Å². The minimum atomic E-state index is 0.000730. The van der Waals surface area contributed by atoms with Gasteiger partial charge in [0.2, 0.25) is 0 Å². The maximum absolute atomic E-state index is 12.7. The Labute approximate surface area is 337 Å². The van der Waals surface area contributed by atoms with Crippen LogP contribution in [0.5, 0.6) is 0 Å². The number of ether oxygens (including phenoxy) is 2. The summed E-state index contributed by atoms with van der Waals surface area (Å²) in [5.41, 5.74) is 0. The van der Waals surface area contributed by atoms with Crippen LogP contribution in [0.1, 0.15) is 259 Å². The third kappa shape index (κ3) is 37.8. The Balaban J connectivity index is 4.16. The number of aliphatic hydroxyl groups excluding tert-OH is 1. The van der Waals surface area contributed by atoms with E-state index >= 15 is 0 Å². The van der Waals surface area contributed by atoms with Crippen molar-refractivity contribution in [2.24, 2.45) is 0 Å². The molecule has 0 aliphatic carbocycles. The van der Waals surface area contributed by atoms with Crippen LogP contribution in [0.4, 0.5) is 0 Å². The van der Waals surface area contributed by atoms with E-state index in [9.17, 15) is 14.7 Å². The lowest BCUT2D eigenvalue weighted by atomic mass is 10.0. The molecule has 0 bridgehead atoms. The highest BCUT2D eigenvalue weighted by Crippen LogP contribution is 2.19. The summed E-state index contributed by atoms with van der Waals surface area (Å²) in [5.74, 6) is 0.0206. The lowest BCUT2D eigenvalue weighted by molar-refractivity contribution is -0.151. The zero-order valence-corrected chi connectivity index (χ0v) is 37.0. The van der Waals surface area contributed by atoms with Crippen LogP contribution >= 0.6 is 0 Å². The van der Waals surface area contributed by atoms with Gasteiger partial charge >= 0.3 is 11.9 Å². The Kier molecular flexibility index (Phi) is 42.1. The molecule has 0 radical (unpaired) electrons. The number of carbonyl (C=O) groups is 2. The van der Waals surface area contributed by atoms with Gasteiger partial charge in [-0.15, -0.1) is 0 Å². The molecular weight excluding hydrogens is 671 g/mol. The zero-order valence-electron chi connectivity index (χ0n) is 37.0. The Morgan fingerprint density at radius 3 is 1.07 bits per heavy atom. The summed E-state index contributed by atoms with van der Waals surface area (Å²) in [6, 6.07) is 0. The van der Waals surface area contributed by atoms with E-state index in [1.807, 2.05) is 0 Å². The second-order valence-corrected chi connectivity index (χ2v) is 16.6. The van der Waals surface area contributed by atoms with Crippen LogP contribution < -0.4 is 0 Å². The Bertz CT molecular complexity index is 760. The first kappa shape index (κ1) is 52.9. The average Bonchev–Trinajstić information content (AvgIpc) is 3.16. The van der Waals surface area contributed by atoms with Gasteiger partial charge in [0.1, 0.15) is 12.2 Å². The number of hydrogen-bond acceptors (Lipinski definition) is 6. The third-order valence-electron chi connectivity index (χ3n) is 11.2. The molecule has 54 heavy (non-hydrogen) atoms. The summed E-state index contributed by atoms with van der Waals surface area (Å²) in [4.78, 5) is 27.8. The number of unbranched alkanes of at least 4 members (excludes halogenated alkanes) is 23. The first-order valence-electron chi connectivity index (χ1n) is 24.2. The molecule has 0 heterocycles. The van der Waals surface area contributed by atoms with Gasteiger partial charge in [0.25, 0.3) is 0 Å². The van der Waals surface area contributed by atoms with Gasteiger partial charge in [-0.05, 0) is 90.1 Å². The fourth-order valence-electron chi connectivity index (χ4n) is 7.69. The van der Waals surface area contributed by atoms with E-state index in [1.165, 1.54) is 154 Å². The van der Waals surface area contributed by atoms with E-state index < -0.39 is 0 Å². The summed E-state index contributed by atoms with van der Waals surface area (Å²) in [7, 11) is 0. The zero-order chi connectivity index (χ0) is 39.6. The van der Waals surface area contributed by atoms with Crippen molar-refractivity contribution in [3.8, 4) is 0 Å². The predicted octanol–water partition coefficient (Wildman–Crippen LogP) is 14.2. The number of aliphatic hydroxyl groups is 1. The third-order valence-corrected chi connectivity index (χ3v) is 11.2. The molecule has 1 unspecified atom stereocenters. The van der Waals surface area contributed by atoms with Crippen LogP contribution in [-0.4, -0.2) is 60.4 Å². The van der Waals surface area contributed by atoms with Crippen molar-refractivity contribution in [1.29, 1.82) is 0 Å². The SMILES string of the molecule is CCCCCCCCC(CCC)OC(=O)CCCCCCCN(CCCO)CCCCCCCC(=O)OC(CCCCCCCC)CCCCCCCC. The molecule has 6 nitrogen and oxygen atoms in total. The Hall–Kier alpha value is -1.14. The highest BCUT2D eigenvalue weighted by molar-refractivity contribution is 5.69. The maximum atomic E-state index is 12.7.